The smallest absolute Gasteiger partial charge is 0.147 e. The van der Waals surface area contributed by atoms with Crippen LogP contribution in [0.1, 0.15) is 42.1 Å². The molecule has 1 heterocycles. The highest BCUT2D eigenvalue weighted by molar-refractivity contribution is 5.39. The van der Waals surface area contributed by atoms with E-state index in [1.165, 1.54) is 5.56 Å². The van der Waals surface area contributed by atoms with E-state index < -0.39 is 0 Å². The molecule has 0 saturated heterocycles. The summed E-state index contributed by atoms with van der Waals surface area (Å²) >= 11 is 0. The number of nitriles is 1. The predicted octanol–water partition coefficient (Wildman–Crippen LogP) is 3.96. The van der Waals surface area contributed by atoms with E-state index in [0.29, 0.717) is 18.2 Å². The van der Waals surface area contributed by atoms with E-state index in [0.717, 1.165) is 16.9 Å². The predicted molar refractivity (Wildman–Crippen MR) is 78.6 cm³/mol. The zero-order chi connectivity index (χ0) is 14.5. The van der Waals surface area contributed by atoms with Crippen LogP contribution in [0.4, 0.5) is 0 Å². The van der Waals surface area contributed by atoms with Gasteiger partial charge in [-0.1, -0.05) is 32.0 Å². The Morgan fingerprint density at radius 1 is 1.30 bits per heavy atom. The largest absolute Gasteiger partial charge is 0.488 e. The molecule has 1 aromatic carbocycles. The summed E-state index contributed by atoms with van der Waals surface area (Å²) in [5, 5.41) is 9.03. The summed E-state index contributed by atoms with van der Waals surface area (Å²) in [6, 6.07) is 12.0. The first-order chi connectivity index (χ1) is 9.61. The molecule has 0 radical (unpaired) electrons. The normalized spacial score (nSPS) is 10.3. The number of hydrogen-bond acceptors (Lipinski definition) is 3. The van der Waals surface area contributed by atoms with Gasteiger partial charge in [-0.25, -0.2) is 4.98 Å². The van der Waals surface area contributed by atoms with E-state index in [9.17, 15) is 0 Å². The van der Waals surface area contributed by atoms with Gasteiger partial charge in [-0.3, -0.25) is 0 Å². The monoisotopic (exact) mass is 266 g/mol. The highest BCUT2D eigenvalue weighted by atomic mass is 16.5. The number of benzene rings is 1. The molecule has 20 heavy (non-hydrogen) atoms. The lowest BCUT2D eigenvalue weighted by molar-refractivity contribution is 0.301. The number of aryl methyl sites for hydroxylation is 1. The van der Waals surface area contributed by atoms with Crippen LogP contribution in [0, 0.1) is 18.3 Å². The molecule has 2 aromatic rings. The quantitative estimate of drug-likeness (QED) is 0.841. The van der Waals surface area contributed by atoms with E-state index >= 15 is 0 Å². The molecule has 0 saturated carbocycles. The minimum Gasteiger partial charge on any atom is -0.488 e. The van der Waals surface area contributed by atoms with E-state index in [2.05, 4.69) is 37.0 Å². The number of aromatic nitrogens is 1. The first kappa shape index (κ1) is 14.1. The fourth-order valence-corrected chi connectivity index (χ4v) is 2.05. The van der Waals surface area contributed by atoms with Crippen molar-refractivity contribution >= 4 is 0 Å². The number of rotatable bonds is 4. The Morgan fingerprint density at radius 3 is 2.80 bits per heavy atom. The van der Waals surface area contributed by atoms with Crippen molar-refractivity contribution in [1.29, 1.82) is 5.26 Å². The molecule has 0 aliphatic carbocycles. The Morgan fingerprint density at radius 2 is 2.10 bits per heavy atom. The molecule has 102 valence electrons. The van der Waals surface area contributed by atoms with Gasteiger partial charge >= 0.3 is 0 Å². The van der Waals surface area contributed by atoms with Gasteiger partial charge in [0, 0.05) is 11.8 Å². The molecular weight excluding hydrogens is 248 g/mol. The molecule has 0 aliphatic rings. The van der Waals surface area contributed by atoms with E-state index in [1.807, 2.05) is 25.1 Å². The highest BCUT2D eigenvalue weighted by Crippen LogP contribution is 2.28. The van der Waals surface area contributed by atoms with Crippen LogP contribution in [0.25, 0.3) is 0 Å². The van der Waals surface area contributed by atoms with Crippen LogP contribution in [-0.2, 0) is 6.61 Å². The van der Waals surface area contributed by atoms with Crippen LogP contribution < -0.4 is 4.74 Å². The fourth-order valence-electron chi connectivity index (χ4n) is 2.05. The topological polar surface area (TPSA) is 45.9 Å². The van der Waals surface area contributed by atoms with Crippen molar-refractivity contribution in [3.8, 4) is 11.8 Å². The van der Waals surface area contributed by atoms with Crippen LogP contribution in [-0.4, -0.2) is 4.98 Å². The number of pyridine rings is 1. The molecule has 0 N–H and O–H groups in total. The van der Waals surface area contributed by atoms with Crippen molar-refractivity contribution in [2.24, 2.45) is 0 Å². The van der Waals surface area contributed by atoms with Crippen molar-refractivity contribution < 1.29 is 4.74 Å². The van der Waals surface area contributed by atoms with Crippen LogP contribution in [0.3, 0.4) is 0 Å². The second kappa shape index (κ2) is 6.21. The van der Waals surface area contributed by atoms with Gasteiger partial charge in [0.15, 0.2) is 0 Å². The average molecular weight is 266 g/mol. The van der Waals surface area contributed by atoms with E-state index in [4.69, 9.17) is 10.00 Å². The molecule has 2 rings (SSSR count). The van der Waals surface area contributed by atoms with Crippen LogP contribution >= 0.6 is 0 Å². The van der Waals surface area contributed by atoms with Gasteiger partial charge < -0.3 is 4.74 Å². The summed E-state index contributed by atoms with van der Waals surface area (Å²) in [7, 11) is 0. The Balaban J connectivity index is 2.23. The lowest BCUT2D eigenvalue weighted by Gasteiger charge is -2.15. The lowest BCUT2D eigenvalue weighted by Crippen LogP contribution is -2.03. The Labute approximate surface area is 119 Å². The third-order valence-corrected chi connectivity index (χ3v) is 3.17. The van der Waals surface area contributed by atoms with Crippen molar-refractivity contribution in [3.05, 3.63) is 58.9 Å². The van der Waals surface area contributed by atoms with Gasteiger partial charge in [-0.05, 0) is 36.1 Å². The molecule has 1 aromatic heterocycles. The van der Waals surface area contributed by atoms with E-state index in [-0.39, 0.29) is 0 Å². The Bertz CT molecular complexity index is 642. The van der Waals surface area contributed by atoms with Gasteiger partial charge in [0.05, 0.1) is 0 Å². The molecule has 3 nitrogen and oxygen atoms in total. The molecule has 0 atom stereocenters. The van der Waals surface area contributed by atoms with Crippen molar-refractivity contribution in [2.75, 3.05) is 0 Å². The second-order valence-electron chi connectivity index (χ2n) is 5.11. The molecule has 0 aliphatic heterocycles. The zero-order valence-electron chi connectivity index (χ0n) is 12.1. The summed E-state index contributed by atoms with van der Waals surface area (Å²) in [6.07, 6.45) is 1.62. The van der Waals surface area contributed by atoms with Crippen molar-refractivity contribution in [3.63, 3.8) is 0 Å². The molecule has 0 spiro atoms. The summed E-state index contributed by atoms with van der Waals surface area (Å²) in [6.45, 7) is 6.69. The molecule has 0 fully saturated rings. The number of ether oxygens (including phenoxy) is 1. The number of hydrogen-bond donors (Lipinski definition) is 0. The molecule has 3 heteroatoms. The fraction of sp³-hybridized carbons (Fsp3) is 0.294. The third-order valence-electron chi connectivity index (χ3n) is 3.17. The first-order valence-electron chi connectivity index (χ1n) is 6.69. The minimum atomic E-state index is 0.361. The second-order valence-corrected chi connectivity index (χ2v) is 5.11. The van der Waals surface area contributed by atoms with Gasteiger partial charge in [-0.15, -0.1) is 0 Å². The van der Waals surface area contributed by atoms with Crippen LogP contribution in [0.15, 0.2) is 36.5 Å². The van der Waals surface area contributed by atoms with E-state index in [1.54, 1.807) is 6.20 Å². The summed E-state index contributed by atoms with van der Waals surface area (Å²) in [5.74, 6) is 1.28. The standard InChI is InChI=1S/C17H18N2O/c1-12(2)15-7-6-13(3)9-17(15)20-11-14-5-4-8-19-16(14)10-18/h4-9,12H,11H2,1-3H3. The maximum absolute atomic E-state index is 9.03. The molecular formula is C17H18N2O. The first-order valence-corrected chi connectivity index (χ1v) is 6.69. The van der Waals surface area contributed by atoms with Crippen molar-refractivity contribution in [1.82, 2.24) is 4.98 Å². The van der Waals surface area contributed by atoms with Crippen LogP contribution in [0.5, 0.6) is 5.75 Å². The maximum atomic E-state index is 9.03. The van der Waals surface area contributed by atoms with Crippen LogP contribution in [0.2, 0.25) is 0 Å². The van der Waals surface area contributed by atoms with Gasteiger partial charge in [0.25, 0.3) is 0 Å². The molecule has 0 bridgehead atoms. The summed E-state index contributed by atoms with van der Waals surface area (Å²) in [5.41, 5.74) is 3.58. The molecule has 0 amide bonds. The Kier molecular flexibility index (Phi) is 4.37. The molecule has 0 unspecified atom stereocenters. The third kappa shape index (κ3) is 3.16. The lowest BCUT2D eigenvalue weighted by atomic mass is 10.0. The van der Waals surface area contributed by atoms with Gasteiger partial charge in [0.1, 0.15) is 24.1 Å². The SMILES string of the molecule is Cc1ccc(C(C)C)c(OCc2cccnc2C#N)c1. The van der Waals surface area contributed by atoms with Gasteiger partial charge in [-0.2, -0.15) is 5.26 Å². The Hall–Kier alpha value is -2.34. The zero-order valence-corrected chi connectivity index (χ0v) is 12.1. The average Bonchev–Trinajstić information content (AvgIpc) is 2.45. The van der Waals surface area contributed by atoms with Gasteiger partial charge in [0.2, 0.25) is 0 Å². The summed E-state index contributed by atoms with van der Waals surface area (Å²) < 4.78 is 5.92. The summed E-state index contributed by atoms with van der Waals surface area (Å²) in [4.78, 5) is 4.04. The minimum absolute atomic E-state index is 0.361. The highest BCUT2D eigenvalue weighted by Gasteiger charge is 2.09. The number of nitrogens with zero attached hydrogens (tertiary/aromatic N) is 2. The van der Waals surface area contributed by atoms with Crippen molar-refractivity contribution in [2.45, 2.75) is 33.3 Å². The maximum Gasteiger partial charge on any atom is 0.147 e.